The summed E-state index contributed by atoms with van der Waals surface area (Å²) in [5.41, 5.74) is 5.54. The second-order valence-corrected chi connectivity index (χ2v) is 5.77. The maximum Gasteiger partial charge on any atom is 0.327 e. The summed E-state index contributed by atoms with van der Waals surface area (Å²) in [5, 5.41) is 0. The molecule has 0 unspecified atom stereocenters. The Balaban J connectivity index is 0. The van der Waals surface area contributed by atoms with E-state index in [0.29, 0.717) is 11.0 Å². The predicted molar refractivity (Wildman–Crippen MR) is 47.8 cm³/mol. The van der Waals surface area contributed by atoms with Crippen LogP contribution in [0.25, 0.3) is 0 Å². The van der Waals surface area contributed by atoms with E-state index in [2.05, 4.69) is 0 Å². The molecule has 0 bridgehead atoms. The van der Waals surface area contributed by atoms with Crippen molar-refractivity contribution in [2.75, 3.05) is 33.8 Å². The number of nitrogens with two attached hydrogens (primary N) is 1. The third-order valence-corrected chi connectivity index (χ3v) is 2.20. The van der Waals surface area contributed by atoms with Crippen molar-refractivity contribution < 1.29 is 31.2 Å². The van der Waals surface area contributed by atoms with Crippen molar-refractivity contribution >= 4 is 7.60 Å². The molecule has 0 rings (SSSR count). The average Bonchev–Trinajstić information content (AvgIpc) is 1.49. The quantitative estimate of drug-likeness (QED) is 0.343. The van der Waals surface area contributed by atoms with E-state index < -0.39 is 13.6 Å². The highest BCUT2D eigenvalue weighted by atomic mass is 35.5. The molecule has 82 valence electrons. The van der Waals surface area contributed by atoms with Crippen molar-refractivity contribution in [1.82, 2.24) is 0 Å². The van der Waals surface area contributed by atoms with Crippen LogP contribution in [0, 0.1) is 0 Å². The van der Waals surface area contributed by atoms with Gasteiger partial charge in [0.05, 0.1) is 39.9 Å². The van der Waals surface area contributed by atoms with Crippen LogP contribution in [-0.4, -0.2) is 54.2 Å². The van der Waals surface area contributed by atoms with Crippen LogP contribution in [0.3, 0.4) is 0 Å². The molecule has 0 radical (unpaired) electrons. The van der Waals surface area contributed by atoms with Crippen molar-refractivity contribution in [3.63, 3.8) is 0 Å². The highest BCUT2D eigenvalue weighted by molar-refractivity contribution is 7.51. The zero-order chi connectivity index (χ0) is 9.99. The zero-order valence-electron chi connectivity index (χ0n) is 8.14. The molecule has 13 heavy (non-hydrogen) atoms. The Kier molecular flexibility index (Phi) is 6.44. The normalized spacial score (nSPS) is 14.9. The standard InChI is InChI=1S/C6H17N2O3P.ClH/c1-8(2,3)4-6(7)5-12(9,10)11;/h6H,4-5,7H2,1-3H3,(H-,9,10,11);1H/t6-;/m1./s1. The average molecular weight is 233 g/mol. The molecule has 1 atom stereocenters. The van der Waals surface area contributed by atoms with Gasteiger partial charge in [-0.15, -0.1) is 0 Å². The first kappa shape index (κ1) is 15.8. The number of hydrogen-bond acceptors (Lipinski definition) is 2. The first-order valence-corrected chi connectivity index (χ1v) is 5.50. The molecule has 0 amide bonds. The van der Waals surface area contributed by atoms with E-state index >= 15 is 0 Å². The van der Waals surface area contributed by atoms with Crippen molar-refractivity contribution in [1.29, 1.82) is 0 Å². The molecule has 7 heteroatoms. The molecule has 0 aromatic carbocycles. The van der Waals surface area contributed by atoms with Gasteiger partial charge >= 0.3 is 7.60 Å². The Labute approximate surface area is 85.1 Å². The van der Waals surface area contributed by atoms with Crippen LogP contribution < -0.4 is 18.1 Å². The van der Waals surface area contributed by atoms with Gasteiger partial charge in [-0.3, -0.25) is 4.57 Å². The van der Waals surface area contributed by atoms with Crippen LogP contribution in [0.1, 0.15) is 0 Å². The molecule has 0 aromatic heterocycles. The summed E-state index contributed by atoms with van der Waals surface area (Å²) in [7, 11) is 1.85. The lowest BCUT2D eigenvalue weighted by Gasteiger charge is -2.27. The molecule has 0 heterocycles. The second-order valence-electron chi connectivity index (χ2n) is 4.08. The number of halogens is 1. The SMILES string of the molecule is C[N+](C)(C)C[C@@H](N)CP(=O)(O)O.[Cl-]. The lowest BCUT2D eigenvalue weighted by Crippen LogP contribution is -3.00. The Morgan fingerprint density at radius 3 is 2.00 bits per heavy atom. The molecule has 0 aliphatic carbocycles. The predicted octanol–water partition coefficient (Wildman–Crippen LogP) is -3.80. The number of rotatable bonds is 4. The number of quaternary nitrogens is 1. The number of nitrogens with zero attached hydrogens (tertiary/aromatic N) is 1. The van der Waals surface area contributed by atoms with Crippen LogP contribution in [-0.2, 0) is 4.57 Å². The number of hydrogen-bond donors (Lipinski definition) is 3. The molecule has 5 nitrogen and oxygen atoms in total. The zero-order valence-corrected chi connectivity index (χ0v) is 9.79. The van der Waals surface area contributed by atoms with Gasteiger partial charge in [0.1, 0.15) is 0 Å². The Hall–Kier alpha value is 0.360. The fourth-order valence-corrected chi connectivity index (χ4v) is 1.79. The van der Waals surface area contributed by atoms with Crippen LogP contribution in [0.4, 0.5) is 0 Å². The monoisotopic (exact) mass is 232 g/mol. The first-order valence-electron chi connectivity index (χ1n) is 3.71. The summed E-state index contributed by atoms with van der Waals surface area (Å²) in [4.78, 5) is 17.2. The molecular formula is C6H18ClN2O3P. The van der Waals surface area contributed by atoms with Gasteiger partial charge in [0.2, 0.25) is 0 Å². The highest BCUT2D eigenvalue weighted by Gasteiger charge is 2.22. The van der Waals surface area contributed by atoms with Gasteiger partial charge in [0.15, 0.2) is 0 Å². The fraction of sp³-hybridized carbons (Fsp3) is 1.00. The topological polar surface area (TPSA) is 83.6 Å². The molecule has 0 fully saturated rings. The van der Waals surface area contributed by atoms with E-state index in [0.717, 1.165) is 0 Å². The van der Waals surface area contributed by atoms with E-state index in [1.54, 1.807) is 0 Å². The minimum absolute atomic E-state index is 0. The maximum absolute atomic E-state index is 10.5. The molecule has 0 aliphatic heterocycles. The van der Waals surface area contributed by atoms with Crippen LogP contribution >= 0.6 is 7.60 Å². The van der Waals surface area contributed by atoms with E-state index in [1.165, 1.54) is 0 Å². The Morgan fingerprint density at radius 1 is 1.38 bits per heavy atom. The summed E-state index contributed by atoms with van der Waals surface area (Å²) in [6, 6.07) is -0.439. The molecule has 0 saturated carbocycles. The van der Waals surface area contributed by atoms with Gasteiger partial charge in [-0.2, -0.15) is 0 Å². The van der Waals surface area contributed by atoms with E-state index in [4.69, 9.17) is 15.5 Å². The second kappa shape index (κ2) is 5.29. The van der Waals surface area contributed by atoms with Crippen molar-refractivity contribution in [2.45, 2.75) is 6.04 Å². The smallest absolute Gasteiger partial charge is 0.327 e. The summed E-state index contributed by atoms with van der Waals surface area (Å²) >= 11 is 0. The summed E-state index contributed by atoms with van der Waals surface area (Å²) in [5.74, 6) is 0. The first-order chi connectivity index (χ1) is 5.10. The molecule has 0 aromatic rings. The van der Waals surface area contributed by atoms with Gasteiger partial charge in [0.25, 0.3) is 0 Å². The molecule has 0 saturated heterocycles. The van der Waals surface area contributed by atoms with Gasteiger partial charge in [0, 0.05) is 0 Å². The van der Waals surface area contributed by atoms with Gasteiger partial charge in [-0.05, 0) is 0 Å². The Bertz CT molecular complexity index is 189. The molecule has 0 spiro atoms. The molecule has 0 aliphatic rings. The van der Waals surface area contributed by atoms with Gasteiger partial charge in [-0.25, -0.2) is 0 Å². The largest absolute Gasteiger partial charge is 1.00 e. The minimum atomic E-state index is -3.94. The fourth-order valence-electron chi connectivity index (χ4n) is 1.07. The highest BCUT2D eigenvalue weighted by Crippen LogP contribution is 2.34. The molecular weight excluding hydrogens is 215 g/mol. The van der Waals surface area contributed by atoms with Gasteiger partial charge in [-0.1, -0.05) is 0 Å². The van der Waals surface area contributed by atoms with Crippen LogP contribution in [0.5, 0.6) is 0 Å². The van der Waals surface area contributed by atoms with E-state index in [1.807, 2.05) is 21.1 Å². The minimum Gasteiger partial charge on any atom is -1.00 e. The summed E-state index contributed by atoms with van der Waals surface area (Å²) < 4.78 is 11.1. The number of likely N-dealkylation sites (N-methyl/N-ethyl adjacent to an activating group) is 1. The summed E-state index contributed by atoms with van der Waals surface area (Å²) in [6.07, 6.45) is -0.234. The third kappa shape index (κ3) is 12.4. The van der Waals surface area contributed by atoms with Gasteiger partial charge < -0.3 is 32.4 Å². The lowest BCUT2D eigenvalue weighted by atomic mass is 10.3. The lowest BCUT2D eigenvalue weighted by molar-refractivity contribution is -0.871. The van der Waals surface area contributed by atoms with Crippen LogP contribution in [0.2, 0.25) is 0 Å². The van der Waals surface area contributed by atoms with E-state index in [-0.39, 0.29) is 18.6 Å². The maximum atomic E-state index is 10.5. The van der Waals surface area contributed by atoms with Crippen molar-refractivity contribution in [3.8, 4) is 0 Å². The third-order valence-electron chi connectivity index (χ3n) is 1.25. The van der Waals surface area contributed by atoms with Crippen molar-refractivity contribution in [3.05, 3.63) is 0 Å². The Morgan fingerprint density at radius 2 is 1.77 bits per heavy atom. The van der Waals surface area contributed by atoms with Crippen LogP contribution in [0.15, 0.2) is 0 Å². The molecule has 4 N–H and O–H groups in total. The van der Waals surface area contributed by atoms with E-state index in [9.17, 15) is 4.57 Å². The summed E-state index contributed by atoms with van der Waals surface area (Å²) in [6.45, 7) is 0.561. The van der Waals surface area contributed by atoms with Crippen molar-refractivity contribution in [2.24, 2.45) is 5.73 Å².